The summed E-state index contributed by atoms with van der Waals surface area (Å²) in [7, 11) is 1.52. The fourth-order valence-electron chi connectivity index (χ4n) is 2.28. The third kappa shape index (κ3) is 2.35. The van der Waals surface area contributed by atoms with Crippen molar-refractivity contribution < 1.29 is 14.2 Å². The standard InChI is InChI=1S/C14H20FNO2/c1-14(2)12(7-13(14)17)16-8-9-4-5-10(18-3)6-11(9)15/h4-6,12-13,16-17H,7-8H2,1-3H3. The van der Waals surface area contributed by atoms with E-state index in [1.54, 1.807) is 12.1 Å². The van der Waals surface area contributed by atoms with E-state index in [9.17, 15) is 9.50 Å². The lowest BCUT2D eigenvalue weighted by molar-refractivity contribution is -0.0730. The summed E-state index contributed by atoms with van der Waals surface area (Å²) in [5, 5.41) is 12.9. The van der Waals surface area contributed by atoms with Crippen molar-refractivity contribution in [1.29, 1.82) is 0 Å². The highest BCUT2D eigenvalue weighted by Crippen LogP contribution is 2.40. The van der Waals surface area contributed by atoms with Gasteiger partial charge in [0.1, 0.15) is 11.6 Å². The number of hydrogen-bond acceptors (Lipinski definition) is 3. The zero-order chi connectivity index (χ0) is 13.3. The highest BCUT2D eigenvalue weighted by atomic mass is 19.1. The van der Waals surface area contributed by atoms with E-state index in [4.69, 9.17) is 4.74 Å². The Morgan fingerprint density at radius 1 is 1.50 bits per heavy atom. The number of aliphatic hydroxyl groups excluding tert-OH is 1. The van der Waals surface area contributed by atoms with Gasteiger partial charge in [0, 0.05) is 29.6 Å². The molecule has 2 N–H and O–H groups in total. The predicted octanol–water partition coefficient (Wildman–Crippen LogP) is 2.08. The second-order valence-corrected chi connectivity index (χ2v) is 5.46. The molecule has 0 aliphatic heterocycles. The van der Waals surface area contributed by atoms with Gasteiger partial charge >= 0.3 is 0 Å². The van der Waals surface area contributed by atoms with Crippen LogP contribution >= 0.6 is 0 Å². The normalized spacial score (nSPS) is 25.6. The first-order chi connectivity index (χ1) is 8.45. The molecule has 0 amide bonds. The number of rotatable bonds is 4. The number of methoxy groups -OCH3 is 1. The smallest absolute Gasteiger partial charge is 0.131 e. The minimum absolute atomic E-state index is 0.136. The van der Waals surface area contributed by atoms with Gasteiger partial charge in [0.2, 0.25) is 0 Å². The third-order valence-corrected chi connectivity index (χ3v) is 4.02. The van der Waals surface area contributed by atoms with E-state index in [1.807, 2.05) is 13.8 Å². The molecular formula is C14H20FNO2. The van der Waals surface area contributed by atoms with E-state index in [0.29, 0.717) is 17.9 Å². The Bertz CT molecular complexity index is 434. The Labute approximate surface area is 107 Å². The molecule has 3 nitrogen and oxygen atoms in total. The monoisotopic (exact) mass is 253 g/mol. The largest absolute Gasteiger partial charge is 0.497 e. The van der Waals surface area contributed by atoms with Crippen LogP contribution in [-0.2, 0) is 6.54 Å². The van der Waals surface area contributed by atoms with Crippen LogP contribution in [0.1, 0.15) is 25.8 Å². The molecule has 4 heteroatoms. The van der Waals surface area contributed by atoms with Crippen LogP contribution in [0.2, 0.25) is 0 Å². The van der Waals surface area contributed by atoms with Gasteiger partial charge in [-0.2, -0.15) is 0 Å². The molecule has 100 valence electrons. The maximum absolute atomic E-state index is 13.7. The summed E-state index contributed by atoms with van der Waals surface area (Å²) in [5.41, 5.74) is 0.483. The molecule has 0 heterocycles. The molecule has 0 saturated heterocycles. The molecule has 2 atom stereocenters. The van der Waals surface area contributed by atoms with Crippen molar-refractivity contribution in [1.82, 2.24) is 5.32 Å². The molecule has 1 aliphatic rings. The zero-order valence-electron chi connectivity index (χ0n) is 11.0. The lowest BCUT2D eigenvalue weighted by Gasteiger charge is -2.49. The summed E-state index contributed by atoms with van der Waals surface area (Å²) in [6.45, 7) is 4.50. The second kappa shape index (κ2) is 4.86. The van der Waals surface area contributed by atoms with Gasteiger partial charge in [-0.25, -0.2) is 4.39 Å². The SMILES string of the molecule is COc1ccc(CNC2CC(O)C2(C)C)c(F)c1. The van der Waals surface area contributed by atoms with Gasteiger partial charge in [0.15, 0.2) is 0 Å². The van der Waals surface area contributed by atoms with E-state index >= 15 is 0 Å². The highest BCUT2D eigenvalue weighted by molar-refractivity contribution is 5.29. The molecule has 0 radical (unpaired) electrons. The summed E-state index contributed by atoms with van der Waals surface area (Å²) in [4.78, 5) is 0. The third-order valence-electron chi connectivity index (χ3n) is 4.02. The van der Waals surface area contributed by atoms with Crippen LogP contribution in [0.15, 0.2) is 18.2 Å². The summed E-state index contributed by atoms with van der Waals surface area (Å²) < 4.78 is 18.7. The van der Waals surface area contributed by atoms with Crippen molar-refractivity contribution in [3.63, 3.8) is 0 Å². The fourth-order valence-corrected chi connectivity index (χ4v) is 2.28. The van der Waals surface area contributed by atoms with Gasteiger partial charge in [0.05, 0.1) is 13.2 Å². The Morgan fingerprint density at radius 3 is 2.72 bits per heavy atom. The van der Waals surface area contributed by atoms with Gasteiger partial charge < -0.3 is 15.2 Å². The predicted molar refractivity (Wildman–Crippen MR) is 68.0 cm³/mol. The summed E-state index contributed by atoms with van der Waals surface area (Å²) >= 11 is 0. The molecule has 0 spiro atoms. The van der Waals surface area contributed by atoms with Crippen LogP contribution in [-0.4, -0.2) is 24.4 Å². The molecule has 1 aromatic carbocycles. The summed E-state index contributed by atoms with van der Waals surface area (Å²) in [5.74, 6) is 0.259. The Hall–Kier alpha value is -1.13. The molecule has 18 heavy (non-hydrogen) atoms. The quantitative estimate of drug-likeness (QED) is 0.863. The molecule has 1 saturated carbocycles. The highest BCUT2D eigenvalue weighted by Gasteiger charge is 2.46. The Morgan fingerprint density at radius 2 is 2.22 bits per heavy atom. The Kier molecular flexibility index (Phi) is 3.59. The Balaban J connectivity index is 1.95. The van der Waals surface area contributed by atoms with Gasteiger partial charge in [-0.1, -0.05) is 19.9 Å². The van der Waals surface area contributed by atoms with Crippen LogP contribution in [0.5, 0.6) is 5.75 Å². The lowest BCUT2D eigenvalue weighted by atomic mass is 9.64. The summed E-state index contributed by atoms with van der Waals surface area (Å²) in [6.07, 6.45) is 0.459. The van der Waals surface area contributed by atoms with Crippen molar-refractivity contribution in [3.05, 3.63) is 29.6 Å². The molecule has 0 bridgehead atoms. The van der Waals surface area contributed by atoms with Gasteiger partial charge in [-0.15, -0.1) is 0 Å². The van der Waals surface area contributed by atoms with E-state index in [0.717, 1.165) is 6.42 Å². The van der Waals surface area contributed by atoms with Gasteiger partial charge in [-0.3, -0.25) is 0 Å². The first kappa shape index (κ1) is 13.3. The minimum Gasteiger partial charge on any atom is -0.497 e. The number of ether oxygens (including phenoxy) is 1. The number of halogens is 1. The van der Waals surface area contributed by atoms with Gasteiger partial charge in [0.25, 0.3) is 0 Å². The van der Waals surface area contributed by atoms with Crippen molar-refractivity contribution in [2.45, 2.75) is 39.0 Å². The average molecular weight is 253 g/mol. The van der Waals surface area contributed by atoms with Crippen LogP contribution in [0.3, 0.4) is 0 Å². The number of benzene rings is 1. The molecule has 0 aromatic heterocycles. The first-order valence-corrected chi connectivity index (χ1v) is 6.19. The van der Waals surface area contributed by atoms with Crippen molar-refractivity contribution in [2.75, 3.05) is 7.11 Å². The average Bonchev–Trinajstić information content (AvgIpc) is 2.35. The first-order valence-electron chi connectivity index (χ1n) is 6.19. The van der Waals surface area contributed by atoms with Crippen molar-refractivity contribution in [2.24, 2.45) is 5.41 Å². The van der Waals surface area contributed by atoms with Crippen molar-refractivity contribution >= 4 is 0 Å². The molecule has 1 aliphatic carbocycles. The van der Waals surface area contributed by atoms with Crippen LogP contribution in [0, 0.1) is 11.2 Å². The maximum Gasteiger partial charge on any atom is 0.131 e. The van der Waals surface area contributed by atoms with Crippen LogP contribution in [0.25, 0.3) is 0 Å². The number of hydrogen-bond donors (Lipinski definition) is 2. The maximum atomic E-state index is 13.7. The second-order valence-electron chi connectivity index (χ2n) is 5.46. The minimum atomic E-state index is -0.268. The molecular weight excluding hydrogens is 233 g/mol. The van der Waals surface area contributed by atoms with E-state index < -0.39 is 0 Å². The lowest BCUT2D eigenvalue weighted by Crippen LogP contribution is -2.59. The molecule has 1 aromatic rings. The van der Waals surface area contributed by atoms with Gasteiger partial charge in [-0.05, 0) is 12.5 Å². The van der Waals surface area contributed by atoms with Crippen molar-refractivity contribution in [3.8, 4) is 5.75 Å². The molecule has 2 unspecified atom stereocenters. The zero-order valence-corrected chi connectivity index (χ0v) is 11.0. The number of nitrogens with one attached hydrogen (secondary N) is 1. The summed E-state index contributed by atoms with van der Waals surface area (Å²) in [6, 6.07) is 5.09. The van der Waals surface area contributed by atoms with Crippen LogP contribution < -0.4 is 10.1 Å². The molecule has 2 rings (SSSR count). The van der Waals surface area contributed by atoms with E-state index in [-0.39, 0.29) is 23.4 Å². The topological polar surface area (TPSA) is 41.5 Å². The van der Waals surface area contributed by atoms with E-state index in [2.05, 4.69) is 5.32 Å². The molecule has 1 fully saturated rings. The fraction of sp³-hybridized carbons (Fsp3) is 0.571. The number of aliphatic hydroxyl groups is 1. The van der Waals surface area contributed by atoms with E-state index in [1.165, 1.54) is 13.2 Å². The van der Waals surface area contributed by atoms with Crippen LogP contribution in [0.4, 0.5) is 4.39 Å².